The highest BCUT2D eigenvalue weighted by Gasteiger charge is 2.25. The predicted molar refractivity (Wildman–Crippen MR) is 58.4 cm³/mol. The van der Waals surface area contributed by atoms with E-state index in [-0.39, 0.29) is 5.82 Å². The maximum absolute atomic E-state index is 11.9. The Morgan fingerprint density at radius 1 is 1.33 bits per heavy atom. The summed E-state index contributed by atoms with van der Waals surface area (Å²) in [7, 11) is -4.10. The van der Waals surface area contributed by atoms with Gasteiger partial charge in [0.15, 0.2) is 10.8 Å². The Hall–Kier alpha value is -2.49. The van der Waals surface area contributed by atoms with Gasteiger partial charge >= 0.3 is 5.97 Å². The number of carbonyl (C=O) groups is 1. The number of carboxylic acid groups (broad SMARTS) is 1. The zero-order valence-electron chi connectivity index (χ0n) is 8.73. The van der Waals surface area contributed by atoms with E-state index in [0.717, 1.165) is 6.20 Å². The van der Waals surface area contributed by atoms with Gasteiger partial charge in [0, 0.05) is 12.4 Å². The Morgan fingerprint density at radius 3 is 2.72 bits per heavy atom. The fourth-order valence-corrected chi connectivity index (χ4v) is 2.26. The average Bonchev–Trinajstić information content (AvgIpc) is 2.79. The molecule has 18 heavy (non-hydrogen) atoms. The number of sulfonamides is 1. The number of rotatable bonds is 4. The summed E-state index contributed by atoms with van der Waals surface area (Å²) in [6, 6.07) is 0. The summed E-state index contributed by atoms with van der Waals surface area (Å²) in [4.78, 5) is 18.2. The minimum atomic E-state index is -4.10. The van der Waals surface area contributed by atoms with Gasteiger partial charge in [-0.05, 0) is 0 Å². The molecule has 0 aliphatic rings. The van der Waals surface area contributed by atoms with Crippen molar-refractivity contribution in [3.63, 3.8) is 0 Å². The van der Waals surface area contributed by atoms with Gasteiger partial charge in [-0.25, -0.2) is 9.78 Å². The second-order valence-electron chi connectivity index (χ2n) is 3.11. The summed E-state index contributed by atoms with van der Waals surface area (Å²) in [6.45, 7) is 0. The van der Waals surface area contributed by atoms with Crippen LogP contribution in [0.4, 0.5) is 5.82 Å². The van der Waals surface area contributed by atoms with E-state index < -0.39 is 26.6 Å². The molecule has 0 aliphatic heterocycles. The molecular weight excluding hydrogens is 262 g/mol. The molecule has 0 spiro atoms. The second-order valence-corrected chi connectivity index (χ2v) is 4.73. The fourth-order valence-electron chi connectivity index (χ4n) is 1.17. The quantitative estimate of drug-likeness (QED) is 0.692. The Morgan fingerprint density at radius 2 is 2.11 bits per heavy atom. The van der Waals surface area contributed by atoms with Gasteiger partial charge in [0.2, 0.25) is 0 Å². The molecule has 3 N–H and O–H groups in total. The van der Waals surface area contributed by atoms with Crippen LogP contribution in [0, 0.1) is 0 Å². The van der Waals surface area contributed by atoms with Crippen LogP contribution >= 0.6 is 0 Å². The standard InChI is InChI=1S/C8H7N5O4S/c14-8(15)5-3-11-12-7(5)18(16,17)13-6-4-9-1-2-10-6/h1-4H,(H,10,13)(H,11,12)(H,14,15). The number of nitrogens with zero attached hydrogens (tertiary/aromatic N) is 3. The third kappa shape index (κ3) is 2.27. The van der Waals surface area contributed by atoms with E-state index in [1.165, 1.54) is 18.6 Å². The van der Waals surface area contributed by atoms with Crippen LogP contribution in [-0.4, -0.2) is 39.7 Å². The van der Waals surface area contributed by atoms with Crippen LogP contribution < -0.4 is 4.72 Å². The van der Waals surface area contributed by atoms with E-state index in [0.29, 0.717) is 0 Å². The number of aromatic nitrogens is 4. The first-order valence-electron chi connectivity index (χ1n) is 4.56. The van der Waals surface area contributed by atoms with Crippen molar-refractivity contribution in [1.29, 1.82) is 0 Å². The van der Waals surface area contributed by atoms with Crippen molar-refractivity contribution < 1.29 is 18.3 Å². The monoisotopic (exact) mass is 269 g/mol. The number of aromatic amines is 1. The first kappa shape index (κ1) is 12.0. The van der Waals surface area contributed by atoms with Gasteiger partial charge in [-0.2, -0.15) is 13.5 Å². The predicted octanol–water partition coefficient (Wildman–Crippen LogP) is -0.301. The molecule has 0 radical (unpaired) electrons. The molecule has 2 rings (SSSR count). The van der Waals surface area contributed by atoms with Crippen LogP contribution in [0.5, 0.6) is 0 Å². The smallest absolute Gasteiger partial charge is 0.340 e. The summed E-state index contributed by atoms with van der Waals surface area (Å²) in [5.41, 5.74) is -0.452. The van der Waals surface area contributed by atoms with E-state index in [9.17, 15) is 13.2 Å². The summed E-state index contributed by atoms with van der Waals surface area (Å²) < 4.78 is 25.8. The van der Waals surface area contributed by atoms with Crippen molar-refractivity contribution in [2.75, 3.05) is 4.72 Å². The number of H-pyrrole nitrogens is 1. The largest absolute Gasteiger partial charge is 0.478 e. The lowest BCUT2D eigenvalue weighted by Gasteiger charge is -2.05. The van der Waals surface area contributed by atoms with Gasteiger partial charge in [-0.3, -0.25) is 14.8 Å². The van der Waals surface area contributed by atoms with Gasteiger partial charge in [-0.1, -0.05) is 0 Å². The molecule has 2 aromatic heterocycles. The third-order valence-corrected chi connectivity index (χ3v) is 3.23. The normalized spacial score (nSPS) is 11.1. The van der Waals surface area contributed by atoms with Crippen LogP contribution in [0.3, 0.4) is 0 Å². The van der Waals surface area contributed by atoms with Gasteiger partial charge < -0.3 is 5.11 Å². The second kappa shape index (κ2) is 4.41. The molecule has 0 aromatic carbocycles. The molecule has 2 aromatic rings. The van der Waals surface area contributed by atoms with Crippen molar-refractivity contribution in [3.05, 3.63) is 30.4 Å². The zero-order chi connectivity index (χ0) is 13.2. The van der Waals surface area contributed by atoms with E-state index in [4.69, 9.17) is 5.11 Å². The molecule has 0 saturated carbocycles. The van der Waals surface area contributed by atoms with E-state index in [1.807, 2.05) is 0 Å². The van der Waals surface area contributed by atoms with Crippen LogP contribution in [0.2, 0.25) is 0 Å². The van der Waals surface area contributed by atoms with Crippen LogP contribution in [-0.2, 0) is 10.0 Å². The number of carboxylic acids is 1. The Labute approximate surface area is 101 Å². The van der Waals surface area contributed by atoms with Gasteiger partial charge in [0.05, 0.1) is 12.4 Å². The number of nitrogens with one attached hydrogen (secondary N) is 2. The molecule has 0 bridgehead atoms. The third-order valence-electron chi connectivity index (χ3n) is 1.91. The Balaban J connectivity index is 2.37. The maximum atomic E-state index is 11.9. The summed E-state index contributed by atoms with van der Waals surface area (Å²) >= 11 is 0. The maximum Gasteiger partial charge on any atom is 0.340 e. The molecule has 9 nitrogen and oxygen atoms in total. The lowest BCUT2D eigenvalue weighted by molar-refractivity contribution is 0.0692. The first-order valence-corrected chi connectivity index (χ1v) is 6.04. The molecule has 0 fully saturated rings. The number of hydrogen-bond donors (Lipinski definition) is 3. The molecule has 0 aliphatic carbocycles. The van der Waals surface area contributed by atoms with Gasteiger partial charge in [0.1, 0.15) is 5.56 Å². The number of anilines is 1. The lowest BCUT2D eigenvalue weighted by atomic mass is 10.4. The topological polar surface area (TPSA) is 138 Å². The molecule has 0 unspecified atom stereocenters. The first-order chi connectivity index (χ1) is 8.50. The summed E-state index contributed by atoms with van der Waals surface area (Å²) in [6.07, 6.45) is 4.77. The highest BCUT2D eigenvalue weighted by Crippen LogP contribution is 2.15. The van der Waals surface area contributed by atoms with E-state index in [1.54, 1.807) is 0 Å². The molecule has 0 saturated heterocycles. The van der Waals surface area contributed by atoms with Crippen LogP contribution in [0.25, 0.3) is 0 Å². The Kier molecular flexibility index (Phi) is 2.93. The minimum Gasteiger partial charge on any atom is -0.478 e. The van der Waals surface area contributed by atoms with Gasteiger partial charge in [0.25, 0.3) is 10.0 Å². The van der Waals surface area contributed by atoms with E-state index >= 15 is 0 Å². The lowest BCUT2D eigenvalue weighted by Crippen LogP contribution is -2.17. The van der Waals surface area contributed by atoms with Crippen LogP contribution in [0.15, 0.2) is 29.8 Å². The van der Waals surface area contributed by atoms with Crippen molar-refractivity contribution in [2.45, 2.75) is 5.03 Å². The minimum absolute atomic E-state index is 0.0246. The van der Waals surface area contributed by atoms with Crippen molar-refractivity contribution in [3.8, 4) is 0 Å². The summed E-state index contributed by atoms with van der Waals surface area (Å²) in [5, 5.41) is 13.8. The number of hydrogen-bond acceptors (Lipinski definition) is 6. The number of aromatic carboxylic acids is 1. The molecule has 2 heterocycles. The van der Waals surface area contributed by atoms with E-state index in [2.05, 4.69) is 24.9 Å². The SMILES string of the molecule is O=C(O)c1cn[nH]c1S(=O)(=O)Nc1cnccn1. The Bertz CT molecular complexity index is 666. The van der Waals surface area contributed by atoms with Gasteiger partial charge in [-0.15, -0.1) is 0 Å². The molecule has 0 atom stereocenters. The molecule has 10 heteroatoms. The molecule has 94 valence electrons. The van der Waals surface area contributed by atoms with Crippen molar-refractivity contribution in [1.82, 2.24) is 20.2 Å². The zero-order valence-corrected chi connectivity index (χ0v) is 9.55. The highest BCUT2D eigenvalue weighted by atomic mass is 32.2. The van der Waals surface area contributed by atoms with Crippen molar-refractivity contribution >= 4 is 21.8 Å². The molecule has 0 amide bonds. The average molecular weight is 269 g/mol. The summed E-state index contributed by atoms with van der Waals surface area (Å²) in [5.74, 6) is -1.42. The van der Waals surface area contributed by atoms with Crippen LogP contribution in [0.1, 0.15) is 10.4 Å². The van der Waals surface area contributed by atoms with Crippen molar-refractivity contribution in [2.24, 2.45) is 0 Å². The fraction of sp³-hybridized carbons (Fsp3) is 0. The molecular formula is C8H7N5O4S. The highest BCUT2D eigenvalue weighted by molar-refractivity contribution is 7.92.